The molecule has 0 bridgehead atoms. The largest absolute Gasteiger partial charge is 0.497 e. The Balaban J connectivity index is 1.86. The van der Waals surface area contributed by atoms with Crippen LogP contribution in [0.1, 0.15) is 5.56 Å². The van der Waals surface area contributed by atoms with E-state index >= 15 is 0 Å². The van der Waals surface area contributed by atoms with Crippen LogP contribution in [0.15, 0.2) is 59.1 Å². The predicted molar refractivity (Wildman–Crippen MR) is 78.9 cm³/mol. The summed E-state index contributed by atoms with van der Waals surface area (Å²) in [5.74, 6) is 1.51. The normalized spacial score (nSPS) is 11.5. The van der Waals surface area contributed by atoms with Crippen LogP contribution in [-0.4, -0.2) is 12.1 Å². The highest BCUT2D eigenvalue weighted by atomic mass is 19.4. The zero-order chi connectivity index (χ0) is 16.4. The number of hydrogen-bond donors (Lipinski definition) is 0. The molecule has 6 heteroatoms. The van der Waals surface area contributed by atoms with Gasteiger partial charge in [-0.05, 0) is 36.4 Å². The zero-order valence-electron chi connectivity index (χ0n) is 12.1. The average Bonchev–Trinajstić information content (AvgIpc) is 3.04. The zero-order valence-corrected chi connectivity index (χ0v) is 12.1. The van der Waals surface area contributed by atoms with E-state index in [2.05, 4.69) is 4.98 Å². The van der Waals surface area contributed by atoms with Crippen molar-refractivity contribution in [1.29, 1.82) is 0 Å². The minimum absolute atomic E-state index is 0.391. The van der Waals surface area contributed by atoms with E-state index in [0.29, 0.717) is 23.0 Å². The van der Waals surface area contributed by atoms with Crippen LogP contribution in [0.4, 0.5) is 13.2 Å². The first kappa shape index (κ1) is 15.1. The van der Waals surface area contributed by atoms with Gasteiger partial charge < -0.3 is 9.15 Å². The van der Waals surface area contributed by atoms with E-state index in [4.69, 9.17) is 9.15 Å². The first-order chi connectivity index (χ1) is 11.0. The fourth-order valence-corrected chi connectivity index (χ4v) is 2.10. The van der Waals surface area contributed by atoms with E-state index in [1.807, 2.05) is 0 Å². The summed E-state index contributed by atoms with van der Waals surface area (Å²) in [4.78, 5) is 4.16. The number of oxazole rings is 1. The summed E-state index contributed by atoms with van der Waals surface area (Å²) in [6.07, 6.45) is -2.86. The average molecular weight is 319 g/mol. The molecule has 0 spiro atoms. The van der Waals surface area contributed by atoms with E-state index in [1.165, 1.54) is 18.3 Å². The van der Waals surface area contributed by atoms with Crippen LogP contribution in [0, 0.1) is 0 Å². The first-order valence-corrected chi connectivity index (χ1v) is 6.75. The molecule has 3 nitrogen and oxygen atoms in total. The second-order valence-corrected chi connectivity index (χ2v) is 4.83. The molecule has 23 heavy (non-hydrogen) atoms. The fraction of sp³-hybridized carbons (Fsp3) is 0.118. The molecule has 3 rings (SSSR count). The van der Waals surface area contributed by atoms with Crippen LogP contribution in [0.25, 0.3) is 22.8 Å². The fourth-order valence-electron chi connectivity index (χ4n) is 2.10. The van der Waals surface area contributed by atoms with Gasteiger partial charge in [-0.1, -0.05) is 12.1 Å². The summed E-state index contributed by atoms with van der Waals surface area (Å²) in [5, 5.41) is 0. The summed E-state index contributed by atoms with van der Waals surface area (Å²) in [6, 6.07) is 11.9. The molecular weight excluding hydrogens is 307 g/mol. The van der Waals surface area contributed by atoms with E-state index in [1.54, 1.807) is 31.4 Å². The minimum Gasteiger partial charge on any atom is -0.497 e. The third-order valence-electron chi connectivity index (χ3n) is 3.34. The Hall–Kier alpha value is -2.76. The van der Waals surface area contributed by atoms with Crippen LogP contribution < -0.4 is 4.74 Å². The molecule has 0 atom stereocenters. The summed E-state index contributed by atoms with van der Waals surface area (Å²) < 4.78 is 48.4. The van der Waals surface area contributed by atoms with E-state index in [0.717, 1.165) is 17.7 Å². The van der Waals surface area contributed by atoms with Gasteiger partial charge in [0.1, 0.15) is 5.75 Å². The van der Waals surface area contributed by atoms with Gasteiger partial charge in [-0.15, -0.1) is 0 Å². The Labute approximate surface area is 130 Å². The van der Waals surface area contributed by atoms with Crippen LogP contribution >= 0.6 is 0 Å². The third kappa shape index (κ3) is 3.21. The molecule has 0 radical (unpaired) electrons. The predicted octanol–water partition coefficient (Wildman–Crippen LogP) is 5.04. The molecule has 1 heterocycles. The highest BCUT2D eigenvalue weighted by Gasteiger charge is 2.30. The first-order valence-electron chi connectivity index (χ1n) is 6.75. The number of methoxy groups -OCH3 is 1. The number of hydrogen-bond acceptors (Lipinski definition) is 3. The Kier molecular flexibility index (Phi) is 3.82. The molecule has 0 N–H and O–H groups in total. The van der Waals surface area contributed by atoms with Gasteiger partial charge in [0.05, 0.1) is 18.9 Å². The van der Waals surface area contributed by atoms with Crippen molar-refractivity contribution >= 4 is 0 Å². The van der Waals surface area contributed by atoms with Crippen molar-refractivity contribution in [3.05, 3.63) is 60.3 Å². The van der Waals surface area contributed by atoms with Crippen LogP contribution in [0.5, 0.6) is 5.75 Å². The van der Waals surface area contributed by atoms with Gasteiger partial charge in [0, 0.05) is 11.1 Å². The Bertz CT molecular complexity index is 790. The number of ether oxygens (including phenoxy) is 1. The molecule has 3 aromatic rings. The highest BCUT2D eigenvalue weighted by Crippen LogP contribution is 2.32. The molecule has 0 unspecified atom stereocenters. The number of halogens is 3. The van der Waals surface area contributed by atoms with Crippen LogP contribution in [0.2, 0.25) is 0 Å². The molecule has 0 fully saturated rings. The van der Waals surface area contributed by atoms with Crippen molar-refractivity contribution in [3.63, 3.8) is 0 Å². The lowest BCUT2D eigenvalue weighted by Gasteiger charge is -2.06. The van der Waals surface area contributed by atoms with E-state index < -0.39 is 11.7 Å². The Morgan fingerprint density at radius 3 is 2.09 bits per heavy atom. The van der Waals surface area contributed by atoms with Gasteiger partial charge in [-0.25, -0.2) is 4.98 Å². The monoisotopic (exact) mass is 319 g/mol. The molecule has 0 aliphatic rings. The minimum atomic E-state index is -4.35. The number of aromatic nitrogens is 1. The lowest BCUT2D eigenvalue weighted by Crippen LogP contribution is -2.03. The van der Waals surface area contributed by atoms with Crippen LogP contribution in [-0.2, 0) is 6.18 Å². The Morgan fingerprint density at radius 2 is 1.52 bits per heavy atom. The van der Waals surface area contributed by atoms with Crippen molar-refractivity contribution in [1.82, 2.24) is 4.98 Å². The second kappa shape index (κ2) is 5.79. The summed E-state index contributed by atoms with van der Waals surface area (Å²) >= 11 is 0. The van der Waals surface area contributed by atoms with Crippen molar-refractivity contribution in [2.75, 3.05) is 7.11 Å². The molecule has 0 amide bonds. The summed E-state index contributed by atoms with van der Waals surface area (Å²) in [7, 11) is 1.57. The van der Waals surface area contributed by atoms with E-state index in [9.17, 15) is 13.2 Å². The van der Waals surface area contributed by atoms with Crippen molar-refractivity contribution in [2.24, 2.45) is 0 Å². The maximum atomic E-state index is 12.6. The number of alkyl halides is 3. The third-order valence-corrected chi connectivity index (χ3v) is 3.34. The number of nitrogens with zero attached hydrogens (tertiary/aromatic N) is 1. The second-order valence-electron chi connectivity index (χ2n) is 4.83. The summed E-state index contributed by atoms with van der Waals surface area (Å²) in [5.41, 5.74) is 0.588. The van der Waals surface area contributed by atoms with Gasteiger partial charge in [-0.2, -0.15) is 13.2 Å². The van der Waals surface area contributed by atoms with Crippen molar-refractivity contribution < 1.29 is 22.3 Å². The molecule has 0 aliphatic carbocycles. The quantitative estimate of drug-likeness (QED) is 0.678. The molecule has 0 saturated carbocycles. The van der Waals surface area contributed by atoms with Gasteiger partial charge in [-0.3, -0.25) is 0 Å². The van der Waals surface area contributed by atoms with E-state index in [-0.39, 0.29) is 0 Å². The lowest BCUT2D eigenvalue weighted by molar-refractivity contribution is -0.137. The highest BCUT2D eigenvalue weighted by molar-refractivity contribution is 5.61. The topological polar surface area (TPSA) is 35.3 Å². The van der Waals surface area contributed by atoms with Crippen molar-refractivity contribution in [2.45, 2.75) is 6.18 Å². The maximum absolute atomic E-state index is 12.6. The van der Waals surface area contributed by atoms with Gasteiger partial charge in [0.2, 0.25) is 5.89 Å². The molecule has 0 saturated heterocycles. The Morgan fingerprint density at radius 1 is 0.913 bits per heavy atom. The maximum Gasteiger partial charge on any atom is 0.416 e. The number of rotatable bonds is 3. The standard InChI is InChI=1S/C17H12F3NO2/c1-22-14-8-4-12(5-9-14)16-21-10-15(23-16)11-2-6-13(7-3-11)17(18,19)20/h2-10H,1H3. The molecule has 1 aromatic heterocycles. The molecule has 0 aliphatic heterocycles. The summed E-state index contributed by atoms with van der Waals surface area (Å²) in [6.45, 7) is 0. The van der Waals surface area contributed by atoms with Crippen LogP contribution in [0.3, 0.4) is 0 Å². The molecular formula is C17H12F3NO2. The number of benzene rings is 2. The van der Waals surface area contributed by atoms with Crippen molar-refractivity contribution in [3.8, 4) is 28.5 Å². The molecule has 118 valence electrons. The van der Waals surface area contributed by atoms with Gasteiger partial charge in [0.15, 0.2) is 5.76 Å². The SMILES string of the molecule is COc1ccc(-c2ncc(-c3ccc(C(F)(F)F)cc3)o2)cc1. The van der Waals surface area contributed by atoms with Gasteiger partial charge in [0.25, 0.3) is 0 Å². The smallest absolute Gasteiger partial charge is 0.416 e. The lowest BCUT2D eigenvalue weighted by atomic mass is 10.1. The molecule has 2 aromatic carbocycles. The van der Waals surface area contributed by atoms with Gasteiger partial charge >= 0.3 is 6.18 Å².